The zero-order chi connectivity index (χ0) is 25.8. The van der Waals surface area contributed by atoms with Crippen LogP contribution in [0.1, 0.15) is 28.8 Å². The lowest BCUT2D eigenvalue weighted by atomic mass is 9.89. The van der Waals surface area contributed by atoms with Crippen molar-refractivity contribution in [1.82, 2.24) is 9.97 Å². The van der Waals surface area contributed by atoms with E-state index in [0.717, 1.165) is 5.56 Å². The Labute approximate surface area is 212 Å². The second kappa shape index (κ2) is 10.6. The molecule has 190 valence electrons. The minimum Gasteiger partial charge on any atom is -0.459 e. The van der Waals surface area contributed by atoms with Crippen molar-refractivity contribution >= 4 is 23.1 Å². The third-order valence-electron chi connectivity index (χ3n) is 6.42. The number of halogens is 1. The van der Waals surface area contributed by atoms with Crippen molar-refractivity contribution in [3.8, 4) is 0 Å². The minimum absolute atomic E-state index is 0.00194. The van der Waals surface area contributed by atoms with Gasteiger partial charge in [0.25, 0.3) is 0 Å². The number of rotatable bonds is 8. The van der Waals surface area contributed by atoms with E-state index in [0.29, 0.717) is 37.4 Å². The standard InChI is InChI=1S/C26H24FN5O5/c27-21-8-6-19(7-9-21)24(33)20-10-12-30(13-11-20)25-23(32(34)35)26(29-16-28-25)31(22-15-36-17-37-22)14-18-4-2-1-3-5-18/h1-9,15-16,20H,10-14,17H2. The molecule has 3 aromatic rings. The lowest BCUT2D eigenvalue weighted by Crippen LogP contribution is -2.37. The summed E-state index contributed by atoms with van der Waals surface area (Å²) in [6.07, 6.45) is 3.67. The second-order valence-electron chi connectivity index (χ2n) is 8.72. The number of ketones is 1. The van der Waals surface area contributed by atoms with Crippen molar-refractivity contribution in [2.75, 3.05) is 29.7 Å². The predicted molar refractivity (Wildman–Crippen MR) is 132 cm³/mol. The van der Waals surface area contributed by atoms with Crippen LogP contribution in [0.2, 0.25) is 0 Å². The average Bonchev–Trinajstić information content (AvgIpc) is 3.47. The van der Waals surface area contributed by atoms with Crippen molar-refractivity contribution in [2.24, 2.45) is 5.92 Å². The van der Waals surface area contributed by atoms with Gasteiger partial charge in [0, 0.05) is 24.6 Å². The Morgan fingerprint density at radius 3 is 2.49 bits per heavy atom. The van der Waals surface area contributed by atoms with Crippen LogP contribution in [0.15, 0.2) is 73.1 Å². The van der Waals surface area contributed by atoms with E-state index in [1.54, 1.807) is 9.80 Å². The number of nitrogens with zero attached hydrogens (tertiary/aromatic N) is 5. The van der Waals surface area contributed by atoms with Crippen LogP contribution in [0.5, 0.6) is 0 Å². The van der Waals surface area contributed by atoms with E-state index in [1.807, 2.05) is 30.3 Å². The van der Waals surface area contributed by atoms with E-state index in [-0.39, 0.29) is 42.4 Å². The van der Waals surface area contributed by atoms with Gasteiger partial charge in [-0.3, -0.25) is 19.8 Å². The van der Waals surface area contributed by atoms with Gasteiger partial charge in [-0.15, -0.1) is 0 Å². The number of benzene rings is 2. The Balaban J connectivity index is 1.41. The molecule has 3 heterocycles. The highest BCUT2D eigenvalue weighted by atomic mass is 19.1. The van der Waals surface area contributed by atoms with Gasteiger partial charge in [0.15, 0.2) is 5.78 Å². The number of piperidine rings is 1. The third-order valence-corrected chi connectivity index (χ3v) is 6.42. The summed E-state index contributed by atoms with van der Waals surface area (Å²) < 4.78 is 24.0. The average molecular weight is 506 g/mol. The molecule has 1 saturated heterocycles. The van der Waals surface area contributed by atoms with Gasteiger partial charge in [0.2, 0.25) is 24.3 Å². The quantitative estimate of drug-likeness (QED) is 0.249. The van der Waals surface area contributed by atoms with Crippen LogP contribution in [0.25, 0.3) is 0 Å². The monoisotopic (exact) mass is 505 g/mol. The molecule has 0 radical (unpaired) electrons. The van der Waals surface area contributed by atoms with Gasteiger partial charge < -0.3 is 14.4 Å². The third kappa shape index (κ3) is 5.20. The number of carbonyl (C=O) groups is 1. The highest BCUT2D eigenvalue weighted by Crippen LogP contribution is 2.38. The number of ether oxygens (including phenoxy) is 2. The topological polar surface area (TPSA) is 111 Å². The SMILES string of the molecule is O=C(c1ccc(F)cc1)C1CCN(c2ncnc(N(Cc3ccccc3)C3=COCO3)c2[N+](=O)[O-])CC1. The Bertz CT molecular complexity index is 1310. The Kier molecular flexibility index (Phi) is 6.93. The fourth-order valence-electron chi connectivity index (χ4n) is 4.55. The summed E-state index contributed by atoms with van der Waals surface area (Å²) in [5.74, 6) is -0.145. The van der Waals surface area contributed by atoms with E-state index in [2.05, 4.69) is 9.97 Å². The first kappa shape index (κ1) is 24.2. The summed E-state index contributed by atoms with van der Waals surface area (Å²) >= 11 is 0. The maximum absolute atomic E-state index is 13.2. The van der Waals surface area contributed by atoms with Gasteiger partial charge in [-0.25, -0.2) is 14.4 Å². The molecule has 0 spiro atoms. The van der Waals surface area contributed by atoms with Crippen molar-refractivity contribution in [3.05, 3.63) is 100 Å². The highest BCUT2D eigenvalue weighted by Gasteiger charge is 2.35. The molecule has 2 aromatic carbocycles. The van der Waals surface area contributed by atoms with Crippen LogP contribution in [0.3, 0.4) is 0 Å². The lowest BCUT2D eigenvalue weighted by molar-refractivity contribution is -0.383. The Morgan fingerprint density at radius 1 is 1.11 bits per heavy atom. The van der Waals surface area contributed by atoms with Crippen molar-refractivity contribution in [1.29, 1.82) is 0 Å². The molecule has 0 amide bonds. The van der Waals surface area contributed by atoms with E-state index in [1.165, 1.54) is 36.9 Å². The van der Waals surface area contributed by atoms with E-state index >= 15 is 0 Å². The number of carbonyl (C=O) groups excluding carboxylic acids is 1. The molecule has 0 saturated carbocycles. The van der Waals surface area contributed by atoms with Crippen LogP contribution in [-0.2, 0) is 16.0 Å². The first-order valence-corrected chi connectivity index (χ1v) is 11.8. The first-order chi connectivity index (χ1) is 18.0. The van der Waals surface area contributed by atoms with Crippen molar-refractivity contribution in [3.63, 3.8) is 0 Å². The maximum atomic E-state index is 13.2. The maximum Gasteiger partial charge on any atom is 0.354 e. The summed E-state index contributed by atoms with van der Waals surface area (Å²) in [7, 11) is 0. The van der Waals surface area contributed by atoms with Crippen molar-refractivity contribution < 1.29 is 23.6 Å². The summed E-state index contributed by atoms with van der Waals surface area (Å²) in [6.45, 7) is 1.06. The molecule has 0 aliphatic carbocycles. The molecule has 1 aromatic heterocycles. The normalized spacial score (nSPS) is 15.5. The molecular weight excluding hydrogens is 481 g/mol. The van der Waals surface area contributed by atoms with E-state index in [9.17, 15) is 19.3 Å². The molecular formula is C26H24FN5O5. The summed E-state index contributed by atoms with van der Waals surface area (Å²) in [5, 5.41) is 12.3. The predicted octanol–water partition coefficient (Wildman–Crippen LogP) is 4.43. The van der Waals surface area contributed by atoms with Crippen LogP contribution in [0, 0.1) is 21.8 Å². The molecule has 5 rings (SSSR count). The fraction of sp³-hybridized carbons (Fsp3) is 0.269. The Morgan fingerprint density at radius 2 is 1.84 bits per heavy atom. The summed E-state index contributed by atoms with van der Waals surface area (Å²) in [4.78, 5) is 36.7. The van der Waals surface area contributed by atoms with Gasteiger partial charge in [-0.2, -0.15) is 0 Å². The highest BCUT2D eigenvalue weighted by molar-refractivity contribution is 5.98. The molecule has 2 aliphatic rings. The largest absolute Gasteiger partial charge is 0.459 e. The number of hydrogen-bond acceptors (Lipinski definition) is 9. The molecule has 0 bridgehead atoms. The van der Waals surface area contributed by atoms with Gasteiger partial charge in [0.05, 0.1) is 11.5 Å². The van der Waals surface area contributed by atoms with Crippen molar-refractivity contribution in [2.45, 2.75) is 19.4 Å². The van der Waals surface area contributed by atoms with Gasteiger partial charge in [-0.1, -0.05) is 30.3 Å². The molecule has 2 aliphatic heterocycles. The first-order valence-electron chi connectivity index (χ1n) is 11.8. The summed E-state index contributed by atoms with van der Waals surface area (Å²) in [6, 6.07) is 15.0. The van der Waals surface area contributed by atoms with Gasteiger partial charge in [0.1, 0.15) is 18.4 Å². The van der Waals surface area contributed by atoms with Crippen LogP contribution >= 0.6 is 0 Å². The van der Waals surface area contributed by atoms with Gasteiger partial charge >= 0.3 is 5.69 Å². The van der Waals surface area contributed by atoms with Gasteiger partial charge in [-0.05, 0) is 42.7 Å². The second-order valence-corrected chi connectivity index (χ2v) is 8.72. The number of Topliss-reactive ketones (excluding diaryl/α,β-unsaturated/α-hetero) is 1. The van der Waals surface area contributed by atoms with Crippen LogP contribution in [-0.4, -0.2) is 40.6 Å². The summed E-state index contributed by atoms with van der Waals surface area (Å²) in [5.41, 5.74) is 1.10. The lowest BCUT2D eigenvalue weighted by Gasteiger charge is -2.32. The van der Waals surface area contributed by atoms with E-state index in [4.69, 9.17) is 9.47 Å². The number of aromatic nitrogens is 2. The molecule has 0 N–H and O–H groups in total. The zero-order valence-electron chi connectivity index (χ0n) is 19.8. The number of anilines is 2. The molecule has 10 nitrogen and oxygen atoms in total. The molecule has 11 heteroatoms. The van der Waals surface area contributed by atoms with Crippen LogP contribution in [0.4, 0.5) is 21.7 Å². The molecule has 1 fully saturated rings. The smallest absolute Gasteiger partial charge is 0.354 e. The number of hydrogen-bond donors (Lipinski definition) is 0. The zero-order valence-corrected chi connectivity index (χ0v) is 19.8. The minimum atomic E-state index is -0.491. The Hall–Kier alpha value is -4.54. The fourth-order valence-corrected chi connectivity index (χ4v) is 4.55. The molecule has 0 unspecified atom stereocenters. The van der Waals surface area contributed by atoms with Crippen LogP contribution < -0.4 is 9.80 Å². The molecule has 0 atom stereocenters. The number of nitro groups is 1. The molecule has 37 heavy (non-hydrogen) atoms. The van der Waals surface area contributed by atoms with E-state index < -0.39 is 10.7 Å².